The molecule has 1 aromatic carbocycles. The second kappa shape index (κ2) is 6.48. The van der Waals surface area contributed by atoms with Gasteiger partial charge in [0.15, 0.2) is 0 Å². The summed E-state index contributed by atoms with van der Waals surface area (Å²) < 4.78 is 41.3. The molecule has 7 nitrogen and oxygen atoms in total. The van der Waals surface area contributed by atoms with E-state index < -0.39 is 23.1 Å². The first-order chi connectivity index (χ1) is 11.1. The molecule has 0 saturated carbocycles. The minimum atomic E-state index is -4.79. The Morgan fingerprint density at radius 1 is 1.33 bits per heavy atom. The molecule has 0 aliphatic carbocycles. The van der Waals surface area contributed by atoms with Crippen molar-refractivity contribution in [3.8, 4) is 5.75 Å². The fourth-order valence-corrected chi connectivity index (χ4v) is 2.29. The van der Waals surface area contributed by atoms with Gasteiger partial charge in [-0.2, -0.15) is 5.10 Å². The molecule has 2 rings (SSSR count). The fourth-order valence-electron chi connectivity index (χ4n) is 2.29. The zero-order chi connectivity index (χ0) is 18.1. The number of nitro groups is 1. The predicted molar refractivity (Wildman–Crippen MR) is 76.4 cm³/mol. The third-order valence-corrected chi connectivity index (χ3v) is 3.37. The van der Waals surface area contributed by atoms with Gasteiger partial charge >= 0.3 is 12.0 Å². The first kappa shape index (κ1) is 17.7. The van der Waals surface area contributed by atoms with Crippen LogP contribution < -0.4 is 4.74 Å². The van der Waals surface area contributed by atoms with Gasteiger partial charge in [-0.1, -0.05) is 12.1 Å². The maximum absolute atomic E-state index is 12.1. The quantitative estimate of drug-likeness (QED) is 0.664. The monoisotopic (exact) mass is 345 g/mol. The second-order valence-corrected chi connectivity index (χ2v) is 5.09. The third kappa shape index (κ3) is 4.02. The normalized spacial score (nSPS) is 12.9. The highest BCUT2D eigenvalue weighted by atomic mass is 19.4. The van der Waals surface area contributed by atoms with E-state index in [1.807, 2.05) is 0 Å². The number of benzene rings is 1. The second-order valence-electron chi connectivity index (χ2n) is 5.09. The lowest BCUT2D eigenvalue weighted by Gasteiger charge is -2.13. The molecule has 0 spiro atoms. The molecule has 24 heavy (non-hydrogen) atoms. The van der Waals surface area contributed by atoms with E-state index in [0.717, 1.165) is 12.1 Å². The van der Waals surface area contributed by atoms with Gasteiger partial charge in [-0.25, -0.2) is 0 Å². The molecule has 1 N–H and O–H groups in total. The fraction of sp³-hybridized carbons (Fsp3) is 0.357. The first-order valence-electron chi connectivity index (χ1n) is 6.80. The Hall–Kier alpha value is -2.62. The number of aliphatic hydroxyl groups is 1. The maximum Gasteiger partial charge on any atom is 0.573 e. The molecule has 1 unspecified atom stereocenters. The molecule has 0 saturated heterocycles. The van der Waals surface area contributed by atoms with E-state index in [1.54, 1.807) is 0 Å². The van der Waals surface area contributed by atoms with Crippen molar-refractivity contribution in [2.75, 3.05) is 0 Å². The standard InChI is InChI=1S/C14H14F3N3O4/c1-8-13(20(22)23)9(2)19(18-8)7-12(21)10-3-5-11(6-4-10)24-14(15,16)17/h3-6,12,21H,7H2,1-2H3. The number of ether oxygens (including phenoxy) is 1. The number of aromatic nitrogens is 2. The van der Waals surface area contributed by atoms with E-state index in [-0.39, 0.29) is 23.6 Å². The van der Waals surface area contributed by atoms with E-state index in [0.29, 0.717) is 5.56 Å². The summed E-state index contributed by atoms with van der Waals surface area (Å²) in [5.74, 6) is -0.403. The number of aryl methyl sites for hydroxylation is 1. The Bertz CT molecular complexity index is 741. The summed E-state index contributed by atoms with van der Waals surface area (Å²) in [5, 5.41) is 25.1. The summed E-state index contributed by atoms with van der Waals surface area (Å²) in [4.78, 5) is 10.4. The number of aliphatic hydroxyl groups excluding tert-OH is 1. The molecule has 10 heteroatoms. The molecule has 1 heterocycles. The van der Waals surface area contributed by atoms with Gasteiger partial charge in [0.1, 0.15) is 17.1 Å². The van der Waals surface area contributed by atoms with Gasteiger partial charge in [-0.3, -0.25) is 14.8 Å². The van der Waals surface area contributed by atoms with Crippen LogP contribution in [0.4, 0.5) is 18.9 Å². The lowest BCUT2D eigenvalue weighted by molar-refractivity contribution is -0.386. The van der Waals surface area contributed by atoms with Crippen LogP contribution in [0.15, 0.2) is 24.3 Å². The largest absolute Gasteiger partial charge is 0.573 e. The highest BCUT2D eigenvalue weighted by Gasteiger charge is 2.31. The summed E-state index contributed by atoms with van der Waals surface area (Å²) in [6, 6.07) is 4.73. The van der Waals surface area contributed by atoms with Gasteiger partial charge in [0.05, 0.1) is 17.6 Å². The van der Waals surface area contributed by atoms with Gasteiger partial charge in [0.25, 0.3) is 0 Å². The molecule has 1 atom stereocenters. The summed E-state index contributed by atoms with van der Waals surface area (Å²) in [7, 11) is 0. The number of alkyl halides is 3. The van der Waals surface area contributed by atoms with E-state index in [1.165, 1.54) is 30.7 Å². The van der Waals surface area contributed by atoms with Crippen molar-refractivity contribution in [3.63, 3.8) is 0 Å². The molecular weight excluding hydrogens is 331 g/mol. The average molecular weight is 345 g/mol. The molecule has 2 aromatic rings. The minimum Gasteiger partial charge on any atom is -0.406 e. The number of halogens is 3. The summed E-state index contributed by atoms with van der Waals surface area (Å²) >= 11 is 0. The third-order valence-electron chi connectivity index (χ3n) is 3.37. The van der Waals surface area contributed by atoms with E-state index in [2.05, 4.69) is 9.84 Å². The Labute approximate surface area is 134 Å². The topological polar surface area (TPSA) is 90.4 Å². The van der Waals surface area contributed by atoms with Crippen LogP contribution in [0.1, 0.15) is 23.1 Å². The van der Waals surface area contributed by atoms with Gasteiger partial charge < -0.3 is 9.84 Å². The van der Waals surface area contributed by atoms with Crippen LogP contribution in [0.25, 0.3) is 0 Å². The Kier molecular flexibility index (Phi) is 4.78. The highest BCUT2D eigenvalue weighted by molar-refractivity contribution is 5.39. The number of nitrogens with zero attached hydrogens (tertiary/aromatic N) is 3. The van der Waals surface area contributed by atoms with Crippen LogP contribution >= 0.6 is 0 Å². The van der Waals surface area contributed by atoms with Crippen LogP contribution in [0.2, 0.25) is 0 Å². The van der Waals surface area contributed by atoms with Crippen molar-refractivity contribution < 1.29 is 27.9 Å². The highest BCUT2D eigenvalue weighted by Crippen LogP contribution is 2.27. The van der Waals surface area contributed by atoms with Crippen molar-refractivity contribution in [2.24, 2.45) is 0 Å². The number of hydrogen-bond donors (Lipinski definition) is 1. The number of rotatable bonds is 5. The van der Waals surface area contributed by atoms with Gasteiger partial charge in [0.2, 0.25) is 0 Å². The van der Waals surface area contributed by atoms with E-state index in [4.69, 9.17) is 0 Å². The molecule has 1 aromatic heterocycles. The molecule has 130 valence electrons. The molecule has 0 fully saturated rings. The van der Waals surface area contributed by atoms with Crippen molar-refractivity contribution in [1.29, 1.82) is 0 Å². The zero-order valence-corrected chi connectivity index (χ0v) is 12.7. The van der Waals surface area contributed by atoms with Crippen LogP contribution in [0.3, 0.4) is 0 Å². The van der Waals surface area contributed by atoms with Gasteiger partial charge in [0, 0.05) is 0 Å². The molecule has 0 aliphatic heterocycles. The Morgan fingerprint density at radius 3 is 2.38 bits per heavy atom. The van der Waals surface area contributed by atoms with Crippen LogP contribution in [-0.2, 0) is 6.54 Å². The van der Waals surface area contributed by atoms with E-state index >= 15 is 0 Å². The van der Waals surface area contributed by atoms with E-state index in [9.17, 15) is 28.4 Å². The minimum absolute atomic E-state index is 0.0695. The molecule has 0 bridgehead atoms. The van der Waals surface area contributed by atoms with Crippen LogP contribution in [-0.4, -0.2) is 26.2 Å². The predicted octanol–water partition coefficient (Wildman–Crippen LogP) is 3.04. The molecule has 0 aliphatic rings. The maximum atomic E-state index is 12.1. The van der Waals surface area contributed by atoms with Crippen LogP contribution in [0.5, 0.6) is 5.75 Å². The number of hydrogen-bond acceptors (Lipinski definition) is 5. The zero-order valence-electron chi connectivity index (χ0n) is 12.7. The average Bonchev–Trinajstić information content (AvgIpc) is 2.72. The summed E-state index contributed by atoms with van der Waals surface area (Å²) in [6.07, 6.45) is -5.88. The molecular formula is C14H14F3N3O4. The van der Waals surface area contributed by atoms with Gasteiger partial charge in [-0.05, 0) is 31.5 Å². The Morgan fingerprint density at radius 2 is 1.92 bits per heavy atom. The SMILES string of the molecule is Cc1nn(CC(O)c2ccc(OC(F)(F)F)cc2)c(C)c1[N+](=O)[O-]. The summed E-state index contributed by atoms with van der Waals surface area (Å²) in [5.41, 5.74) is 0.711. The van der Waals surface area contributed by atoms with Gasteiger partial charge in [-0.15, -0.1) is 13.2 Å². The van der Waals surface area contributed by atoms with Crippen molar-refractivity contribution >= 4 is 5.69 Å². The van der Waals surface area contributed by atoms with Crippen molar-refractivity contribution in [1.82, 2.24) is 9.78 Å². The lowest BCUT2D eigenvalue weighted by atomic mass is 10.1. The summed E-state index contributed by atoms with van der Waals surface area (Å²) in [6.45, 7) is 2.92. The van der Waals surface area contributed by atoms with Crippen molar-refractivity contribution in [2.45, 2.75) is 32.9 Å². The Balaban J connectivity index is 2.14. The van der Waals surface area contributed by atoms with Crippen molar-refractivity contribution in [3.05, 3.63) is 51.3 Å². The molecule has 0 amide bonds. The van der Waals surface area contributed by atoms with Crippen LogP contribution in [0, 0.1) is 24.0 Å². The smallest absolute Gasteiger partial charge is 0.406 e. The lowest BCUT2D eigenvalue weighted by Crippen LogP contribution is -2.17. The first-order valence-corrected chi connectivity index (χ1v) is 6.80. The molecule has 0 radical (unpaired) electrons.